The number of hydrogen-bond donors (Lipinski definition) is 1. The Kier molecular flexibility index (Phi) is 14.7. The van der Waals surface area contributed by atoms with Crippen LogP contribution in [0.5, 0.6) is 0 Å². The molecule has 0 aromatic heterocycles. The molecule has 0 amide bonds. The highest BCUT2D eigenvalue weighted by atomic mass is 14.8. The number of hydrogen-bond acceptors (Lipinski definition) is 1. The predicted octanol–water partition coefficient (Wildman–Crippen LogP) is 2.92. The van der Waals surface area contributed by atoms with Crippen LogP contribution in [0.1, 0.15) is 20.8 Å². The van der Waals surface area contributed by atoms with Crippen molar-refractivity contribution >= 4 is 0 Å². The molecule has 0 aliphatic carbocycles. The van der Waals surface area contributed by atoms with Gasteiger partial charge in [-0.05, 0) is 26.0 Å². The first-order valence-electron chi connectivity index (χ1n) is 4.33. The second-order valence-corrected chi connectivity index (χ2v) is 2.14. The molecule has 1 heteroatoms. The van der Waals surface area contributed by atoms with Crippen LogP contribution in [0.4, 0.5) is 0 Å². The number of allylic oxidation sites excluding steroid dienone is 2. The molecule has 1 nitrogen and oxygen atoms in total. The van der Waals surface area contributed by atoms with Crippen LogP contribution in [0.25, 0.3) is 0 Å². The standard InChI is InChI=1S/C9H17N.C2H4/c1-4-7-9(5-2)8-10-6-3;1-2/h4-5,7,10H,6,8H2,1-3H3;1-2H2/b7-4-,9-5+;. The molecule has 0 atom stereocenters. The highest BCUT2D eigenvalue weighted by Gasteiger charge is 1.86. The molecule has 0 fully saturated rings. The summed E-state index contributed by atoms with van der Waals surface area (Å²) in [7, 11) is 0. The minimum Gasteiger partial charge on any atom is -0.313 e. The van der Waals surface area contributed by atoms with Crippen molar-refractivity contribution in [1.29, 1.82) is 0 Å². The predicted molar refractivity (Wildman–Crippen MR) is 58.4 cm³/mol. The van der Waals surface area contributed by atoms with E-state index in [1.807, 2.05) is 6.92 Å². The Morgan fingerprint density at radius 3 is 2.25 bits per heavy atom. The van der Waals surface area contributed by atoms with Crippen molar-refractivity contribution in [2.45, 2.75) is 20.8 Å². The highest BCUT2D eigenvalue weighted by molar-refractivity contribution is 5.18. The van der Waals surface area contributed by atoms with Crippen LogP contribution in [0.2, 0.25) is 0 Å². The van der Waals surface area contributed by atoms with E-state index >= 15 is 0 Å². The first-order chi connectivity index (χ1) is 5.85. The molecule has 1 N–H and O–H groups in total. The molecule has 0 saturated heterocycles. The molecule has 0 spiro atoms. The third-order valence-electron chi connectivity index (χ3n) is 1.33. The quantitative estimate of drug-likeness (QED) is 0.501. The summed E-state index contributed by atoms with van der Waals surface area (Å²) in [5, 5.41) is 3.26. The fourth-order valence-corrected chi connectivity index (χ4v) is 0.741. The van der Waals surface area contributed by atoms with Crippen molar-refractivity contribution in [3.8, 4) is 0 Å². The van der Waals surface area contributed by atoms with E-state index in [-0.39, 0.29) is 0 Å². The zero-order chi connectivity index (χ0) is 9.82. The average molecular weight is 167 g/mol. The first-order valence-corrected chi connectivity index (χ1v) is 4.33. The molecule has 0 heterocycles. The highest BCUT2D eigenvalue weighted by Crippen LogP contribution is 1.93. The van der Waals surface area contributed by atoms with E-state index in [0.717, 1.165) is 13.1 Å². The van der Waals surface area contributed by atoms with Gasteiger partial charge in [0.2, 0.25) is 0 Å². The topological polar surface area (TPSA) is 12.0 Å². The molecule has 0 aliphatic rings. The van der Waals surface area contributed by atoms with Gasteiger partial charge < -0.3 is 5.32 Å². The molecular formula is C11H21N. The van der Waals surface area contributed by atoms with Crippen LogP contribution in [0, 0.1) is 0 Å². The first kappa shape index (κ1) is 13.7. The minimum atomic E-state index is 0.983. The second kappa shape index (κ2) is 12.8. The van der Waals surface area contributed by atoms with Crippen LogP contribution in [-0.4, -0.2) is 13.1 Å². The number of nitrogens with one attached hydrogen (secondary N) is 1. The van der Waals surface area contributed by atoms with E-state index in [0.29, 0.717) is 0 Å². The summed E-state index contributed by atoms with van der Waals surface area (Å²) in [6, 6.07) is 0. The number of rotatable bonds is 4. The molecular weight excluding hydrogens is 146 g/mol. The van der Waals surface area contributed by atoms with E-state index in [4.69, 9.17) is 0 Å². The molecule has 0 aliphatic heterocycles. The van der Waals surface area contributed by atoms with E-state index in [2.05, 4.69) is 50.6 Å². The Morgan fingerprint density at radius 1 is 1.33 bits per heavy atom. The summed E-state index contributed by atoms with van der Waals surface area (Å²) in [4.78, 5) is 0. The van der Waals surface area contributed by atoms with Gasteiger partial charge in [-0.25, -0.2) is 0 Å². The van der Waals surface area contributed by atoms with Gasteiger partial charge >= 0.3 is 0 Å². The van der Waals surface area contributed by atoms with E-state index < -0.39 is 0 Å². The normalized spacial score (nSPS) is 11.1. The van der Waals surface area contributed by atoms with Crippen molar-refractivity contribution < 1.29 is 0 Å². The molecule has 0 radical (unpaired) electrons. The molecule has 0 bridgehead atoms. The second-order valence-electron chi connectivity index (χ2n) is 2.14. The van der Waals surface area contributed by atoms with Gasteiger partial charge in [-0.15, -0.1) is 13.2 Å². The van der Waals surface area contributed by atoms with Gasteiger partial charge in [0.25, 0.3) is 0 Å². The Hall–Kier alpha value is -0.820. The Bertz CT molecular complexity index is 134. The van der Waals surface area contributed by atoms with Crippen molar-refractivity contribution in [2.24, 2.45) is 0 Å². The zero-order valence-corrected chi connectivity index (χ0v) is 8.56. The van der Waals surface area contributed by atoms with Crippen LogP contribution in [-0.2, 0) is 0 Å². The van der Waals surface area contributed by atoms with Gasteiger partial charge in [0.15, 0.2) is 0 Å². The van der Waals surface area contributed by atoms with Gasteiger partial charge in [-0.3, -0.25) is 0 Å². The fourth-order valence-electron chi connectivity index (χ4n) is 0.741. The van der Waals surface area contributed by atoms with Crippen molar-refractivity contribution in [2.75, 3.05) is 13.1 Å². The van der Waals surface area contributed by atoms with Gasteiger partial charge in [-0.2, -0.15) is 0 Å². The minimum absolute atomic E-state index is 0.983. The molecule has 0 saturated carbocycles. The largest absolute Gasteiger partial charge is 0.313 e. The maximum atomic E-state index is 3.26. The lowest BCUT2D eigenvalue weighted by molar-refractivity contribution is 0.784. The molecule has 70 valence electrons. The Balaban J connectivity index is 0. The summed E-state index contributed by atoms with van der Waals surface area (Å²) in [6.45, 7) is 14.2. The lowest BCUT2D eigenvalue weighted by Gasteiger charge is -2.00. The Labute approximate surface area is 76.9 Å². The Morgan fingerprint density at radius 2 is 1.92 bits per heavy atom. The van der Waals surface area contributed by atoms with E-state index in [9.17, 15) is 0 Å². The van der Waals surface area contributed by atoms with Crippen LogP contribution >= 0.6 is 0 Å². The van der Waals surface area contributed by atoms with Gasteiger partial charge in [0.1, 0.15) is 0 Å². The molecule has 0 aromatic carbocycles. The summed E-state index contributed by atoms with van der Waals surface area (Å²) in [5.74, 6) is 0. The maximum absolute atomic E-state index is 3.26. The van der Waals surface area contributed by atoms with Crippen LogP contribution in [0.3, 0.4) is 0 Å². The van der Waals surface area contributed by atoms with E-state index in [1.165, 1.54) is 5.57 Å². The fraction of sp³-hybridized carbons (Fsp3) is 0.455. The van der Waals surface area contributed by atoms with E-state index in [1.54, 1.807) is 0 Å². The maximum Gasteiger partial charge on any atom is 0.0201 e. The van der Waals surface area contributed by atoms with Crippen LogP contribution in [0.15, 0.2) is 37.0 Å². The van der Waals surface area contributed by atoms with Crippen molar-refractivity contribution in [1.82, 2.24) is 5.32 Å². The molecule has 0 rings (SSSR count). The summed E-state index contributed by atoms with van der Waals surface area (Å²) < 4.78 is 0. The molecule has 12 heavy (non-hydrogen) atoms. The lowest BCUT2D eigenvalue weighted by atomic mass is 10.2. The monoisotopic (exact) mass is 167 g/mol. The SMILES string of the molecule is C/C=C\C(=C/C)CNCC.C=C. The number of likely N-dealkylation sites (N-methyl/N-ethyl adjacent to an activating group) is 1. The van der Waals surface area contributed by atoms with Gasteiger partial charge in [-0.1, -0.05) is 25.2 Å². The third kappa shape index (κ3) is 9.18. The van der Waals surface area contributed by atoms with Crippen molar-refractivity contribution in [3.63, 3.8) is 0 Å². The van der Waals surface area contributed by atoms with Crippen molar-refractivity contribution in [3.05, 3.63) is 37.0 Å². The zero-order valence-electron chi connectivity index (χ0n) is 8.56. The summed E-state index contributed by atoms with van der Waals surface area (Å²) >= 11 is 0. The van der Waals surface area contributed by atoms with Crippen LogP contribution < -0.4 is 5.32 Å². The lowest BCUT2D eigenvalue weighted by Crippen LogP contribution is -2.15. The summed E-state index contributed by atoms with van der Waals surface area (Å²) in [6.07, 6.45) is 6.32. The molecule has 0 aromatic rings. The smallest absolute Gasteiger partial charge is 0.0201 e. The third-order valence-corrected chi connectivity index (χ3v) is 1.33. The van der Waals surface area contributed by atoms with Gasteiger partial charge in [0.05, 0.1) is 0 Å². The molecule has 0 unspecified atom stereocenters. The summed E-state index contributed by atoms with van der Waals surface area (Å²) in [5.41, 5.74) is 1.35. The average Bonchev–Trinajstić information content (AvgIpc) is 2.15. The van der Waals surface area contributed by atoms with Gasteiger partial charge in [0, 0.05) is 6.54 Å².